The molecule has 0 bridgehead atoms. The van der Waals surface area contributed by atoms with Crippen LogP contribution in [0.2, 0.25) is 0 Å². The van der Waals surface area contributed by atoms with Gasteiger partial charge < -0.3 is 9.84 Å². The van der Waals surface area contributed by atoms with Crippen molar-refractivity contribution in [2.75, 3.05) is 6.61 Å². The van der Waals surface area contributed by atoms with Crippen LogP contribution in [0.4, 0.5) is 0 Å². The van der Waals surface area contributed by atoms with Crippen LogP contribution in [0.15, 0.2) is 34.9 Å². The maximum absolute atomic E-state index is 12.6. The Morgan fingerprint density at radius 1 is 1.32 bits per heavy atom. The van der Waals surface area contributed by atoms with Crippen molar-refractivity contribution in [2.45, 2.75) is 78.4 Å². The molecule has 1 N–H and O–H groups in total. The van der Waals surface area contributed by atoms with Crippen LogP contribution in [-0.4, -0.2) is 29.2 Å². The van der Waals surface area contributed by atoms with E-state index in [1.165, 1.54) is 17.6 Å². The van der Waals surface area contributed by atoms with E-state index in [9.17, 15) is 9.90 Å². The number of rotatable bonds is 2. The molecular formula is C25H36O3. The van der Waals surface area contributed by atoms with Gasteiger partial charge in [-0.05, 0) is 87.7 Å². The second-order valence-electron chi connectivity index (χ2n) is 10.4. The SMILES string of the molecule is CC(=CC1CC(C)C2(CCC3(C)CC4C(C)=CC(=O)C4C(C)=CCC32)O1)CO. The third kappa shape index (κ3) is 2.97. The Kier molecular flexibility index (Phi) is 4.99. The van der Waals surface area contributed by atoms with Gasteiger partial charge in [-0.15, -0.1) is 0 Å². The quantitative estimate of drug-likeness (QED) is 0.681. The molecule has 2 fully saturated rings. The predicted molar refractivity (Wildman–Crippen MR) is 112 cm³/mol. The molecule has 0 radical (unpaired) electrons. The molecule has 4 aliphatic rings. The topological polar surface area (TPSA) is 46.5 Å². The average Bonchev–Trinajstić information content (AvgIpc) is 3.18. The lowest BCUT2D eigenvalue weighted by Gasteiger charge is -2.44. The maximum atomic E-state index is 12.6. The van der Waals surface area contributed by atoms with Crippen LogP contribution in [-0.2, 0) is 9.53 Å². The molecule has 1 aliphatic heterocycles. The summed E-state index contributed by atoms with van der Waals surface area (Å²) in [6.45, 7) is 11.2. The maximum Gasteiger partial charge on any atom is 0.163 e. The standard InChI is InChI=1S/C25H36O3/c1-15(14-26)10-19-12-18(4)25(28-19)9-8-24(5)13-20-17(3)11-21(27)23(20)16(2)6-7-22(24)25/h6,10-11,18-20,22-23,26H,7-9,12-14H2,1-5H3. The van der Waals surface area contributed by atoms with Crippen molar-refractivity contribution in [3.63, 3.8) is 0 Å². The molecule has 0 aromatic carbocycles. The van der Waals surface area contributed by atoms with Crippen LogP contribution in [0.5, 0.6) is 0 Å². The van der Waals surface area contributed by atoms with Gasteiger partial charge in [-0.2, -0.15) is 0 Å². The largest absolute Gasteiger partial charge is 0.392 e. The fraction of sp³-hybridized carbons (Fsp3) is 0.720. The summed E-state index contributed by atoms with van der Waals surface area (Å²) in [5.74, 6) is 1.73. The Labute approximate surface area is 169 Å². The highest BCUT2D eigenvalue weighted by Crippen LogP contribution is 2.63. The summed E-state index contributed by atoms with van der Waals surface area (Å²) in [4.78, 5) is 12.6. The van der Waals surface area contributed by atoms with Gasteiger partial charge in [0, 0.05) is 5.92 Å². The van der Waals surface area contributed by atoms with Gasteiger partial charge in [0.15, 0.2) is 5.78 Å². The molecule has 0 amide bonds. The third-order valence-corrected chi connectivity index (χ3v) is 8.54. The molecule has 0 aromatic heterocycles. The molecule has 1 heterocycles. The van der Waals surface area contributed by atoms with E-state index in [-0.39, 0.29) is 29.6 Å². The lowest BCUT2D eigenvalue weighted by atomic mass is 9.62. The van der Waals surface area contributed by atoms with E-state index < -0.39 is 0 Å². The zero-order valence-electron chi connectivity index (χ0n) is 18.1. The summed E-state index contributed by atoms with van der Waals surface area (Å²) in [7, 11) is 0. The lowest BCUT2D eigenvalue weighted by Crippen LogP contribution is -2.44. The molecule has 1 saturated carbocycles. The van der Waals surface area contributed by atoms with Crippen LogP contribution >= 0.6 is 0 Å². The number of aliphatic hydroxyl groups is 1. The lowest BCUT2D eigenvalue weighted by molar-refractivity contribution is -0.117. The van der Waals surface area contributed by atoms with Gasteiger partial charge in [0.05, 0.1) is 18.3 Å². The molecule has 1 saturated heterocycles. The van der Waals surface area contributed by atoms with Gasteiger partial charge in [0.2, 0.25) is 0 Å². The average molecular weight is 385 g/mol. The Morgan fingerprint density at radius 2 is 2.07 bits per heavy atom. The summed E-state index contributed by atoms with van der Waals surface area (Å²) in [5.41, 5.74) is 3.65. The first-order chi connectivity index (χ1) is 13.2. The minimum absolute atomic E-state index is 0.0686. The molecule has 0 aromatic rings. The minimum Gasteiger partial charge on any atom is -0.392 e. The van der Waals surface area contributed by atoms with Crippen LogP contribution in [0.1, 0.15) is 66.7 Å². The molecule has 1 spiro atoms. The number of aliphatic hydroxyl groups excluding tert-OH is 1. The fourth-order valence-electron chi connectivity index (χ4n) is 6.98. The number of ketones is 1. The van der Waals surface area contributed by atoms with Crippen molar-refractivity contribution in [1.29, 1.82) is 0 Å². The summed E-state index contributed by atoms with van der Waals surface area (Å²) < 4.78 is 6.82. The zero-order valence-corrected chi connectivity index (χ0v) is 18.1. The molecule has 7 unspecified atom stereocenters. The van der Waals surface area contributed by atoms with E-state index in [0.717, 1.165) is 31.3 Å². The Balaban J connectivity index is 1.68. The van der Waals surface area contributed by atoms with Crippen molar-refractivity contribution in [3.8, 4) is 0 Å². The van der Waals surface area contributed by atoms with Gasteiger partial charge in [-0.25, -0.2) is 0 Å². The third-order valence-electron chi connectivity index (χ3n) is 8.54. The first-order valence-electron chi connectivity index (χ1n) is 11.0. The van der Waals surface area contributed by atoms with Crippen LogP contribution in [0.3, 0.4) is 0 Å². The van der Waals surface area contributed by atoms with Gasteiger partial charge in [-0.1, -0.05) is 37.1 Å². The Hall–Kier alpha value is -1.19. The molecule has 3 heteroatoms. The highest BCUT2D eigenvalue weighted by Gasteiger charge is 2.61. The first-order valence-corrected chi connectivity index (χ1v) is 11.0. The highest BCUT2D eigenvalue weighted by atomic mass is 16.5. The predicted octanol–water partition coefficient (Wildman–Crippen LogP) is 5.01. The first kappa shape index (κ1) is 20.1. The van der Waals surface area contributed by atoms with Crippen LogP contribution in [0.25, 0.3) is 0 Å². The zero-order chi connectivity index (χ0) is 20.3. The number of hydrogen-bond donors (Lipinski definition) is 1. The fourth-order valence-corrected chi connectivity index (χ4v) is 6.98. The summed E-state index contributed by atoms with van der Waals surface area (Å²) in [6.07, 6.45) is 11.9. The highest BCUT2D eigenvalue weighted by molar-refractivity contribution is 5.97. The monoisotopic (exact) mass is 384 g/mol. The number of carbonyl (C=O) groups is 1. The van der Waals surface area contributed by atoms with E-state index in [2.05, 4.69) is 39.8 Å². The smallest absolute Gasteiger partial charge is 0.163 e. The Bertz CT molecular complexity index is 760. The number of hydrogen-bond acceptors (Lipinski definition) is 3. The van der Waals surface area contributed by atoms with Crippen molar-refractivity contribution < 1.29 is 14.6 Å². The van der Waals surface area contributed by atoms with E-state index in [4.69, 9.17) is 4.74 Å². The minimum atomic E-state index is -0.0739. The Morgan fingerprint density at radius 3 is 2.79 bits per heavy atom. The van der Waals surface area contributed by atoms with Crippen molar-refractivity contribution >= 4 is 5.78 Å². The van der Waals surface area contributed by atoms with Crippen LogP contribution < -0.4 is 0 Å². The molecule has 4 rings (SSSR count). The van der Waals surface area contributed by atoms with Crippen LogP contribution in [0, 0.1) is 29.1 Å². The molecule has 7 atom stereocenters. The van der Waals surface area contributed by atoms with E-state index in [0.29, 0.717) is 23.5 Å². The van der Waals surface area contributed by atoms with Gasteiger partial charge >= 0.3 is 0 Å². The summed E-state index contributed by atoms with van der Waals surface area (Å²) in [5, 5.41) is 9.41. The second-order valence-corrected chi connectivity index (χ2v) is 10.4. The second kappa shape index (κ2) is 6.95. The van der Waals surface area contributed by atoms with E-state index >= 15 is 0 Å². The van der Waals surface area contributed by atoms with E-state index in [1.54, 1.807) is 0 Å². The van der Waals surface area contributed by atoms with Crippen molar-refractivity contribution in [3.05, 3.63) is 34.9 Å². The molecule has 3 nitrogen and oxygen atoms in total. The molecule has 154 valence electrons. The summed E-state index contributed by atoms with van der Waals surface area (Å²) in [6, 6.07) is 0. The molecule has 28 heavy (non-hydrogen) atoms. The van der Waals surface area contributed by atoms with Crippen molar-refractivity contribution in [1.82, 2.24) is 0 Å². The van der Waals surface area contributed by atoms with E-state index in [1.807, 2.05) is 13.0 Å². The number of ether oxygens (including phenoxy) is 1. The normalized spacial score (nSPS) is 46.1. The molecule has 3 aliphatic carbocycles. The van der Waals surface area contributed by atoms with Gasteiger partial charge in [0.25, 0.3) is 0 Å². The van der Waals surface area contributed by atoms with Gasteiger partial charge in [0.1, 0.15) is 0 Å². The van der Waals surface area contributed by atoms with Gasteiger partial charge in [-0.3, -0.25) is 4.79 Å². The van der Waals surface area contributed by atoms with Crippen molar-refractivity contribution in [2.24, 2.45) is 29.1 Å². The number of carbonyl (C=O) groups excluding carboxylic acids is 1. The summed E-state index contributed by atoms with van der Waals surface area (Å²) >= 11 is 0. The molecular weight excluding hydrogens is 348 g/mol. The number of fused-ring (bicyclic) bond motifs is 3. The number of allylic oxidation sites excluding steroid dienone is 4.